The molecule has 1 atom stereocenters. The molecular formula is C21H20N6O2. The lowest BCUT2D eigenvalue weighted by Gasteiger charge is -2.43. The van der Waals surface area contributed by atoms with Gasteiger partial charge < -0.3 is 14.4 Å². The van der Waals surface area contributed by atoms with Gasteiger partial charge in [0.1, 0.15) is 5.69 Å². The smallest absolute Gasteiger partial charge is 0.319 e. The average molecular weight is 388 g/mol. The Morgan fingerprint density at radius 3 is 2.66 bits per heavy atom. The Morgan fingerprint density at radius 2 is 1.93 bits per heavy atom. The van der Waals surface area contributed by atoms with E-state index >= 15 is 0 Å². The Bertz CT molecular complexity index is 1160. The molecule has 29 heavy (non-hydrogen) atoms. The van der Waals surface area contributed by atoms with E-state index in [-0.39, 0.29) is 6.01 Å². The van der Waals surface area contributed by atoms with Crippen molar-refractivity contribution in [3.8, 4) is 23.1 Å². The summed E-state index contributed by atoms with van der Waals surface area (Å²) < 4.78 is 12.4. The number of hydrogen-bond donors (Lipinski definition) is 0. The molecule has 5 rings (SSSR count). The van der Waals surface area contributed by atoms with Crippen LogP contribution in [0.1, 0.15) is 18.0 Å². The van der Waals surface area contributed by atoms with Gasteiger partial charge in [-0.25, -0.2) is 14.5 Å². The lowest BCUT2D eigenvalue weighted by atomic mass is 9.94. The van der Waals surface area contributed by atoms with Crippen LogP contribution in [0, 0.1) is 0 Å². The first kappa shape index (κ1) is 17.4. The lowest BCUT2D eigenvalue weighted by Crippen LogP contribution is -2.41. The second-order valence-electron chi connectivity index (χ2n) is 6.80. The topological polar surface area (TPSA) is 77.7 Å². The molecule has 8 heteroatoms. The summed E-state index contributed by atoms with van der Waals surface area (Å²) in [7, 11) is 3.10. The lowest BCUT2D eigenvalue weighted by molar-refractivity contribution is 0.353. The fourth-order valence-electron chi connectivity index (χ4n) is 3.72. The van der Waals surface area contributed by atoms with Crippen LogP contribution in [-0.2, 0) is 0 Å². The zero-order chi connectivity index (χ0) is 19.8. The molecule has 0 aliphatic carbocycles. The molecule has 0 bridgehead atoms. The number of nitrogens with zero attached hydrogens (tertiary/aromatic N) is 6. The van der Waals surface area contributed by atoms with Crippen LogP contribution in [0.4, 0.5) is 5.69 Å². The average Bonchev–Trinajstić information content (AvgIpc) is 3.22. The zero-order valence-electron chi connectivity index (χ0n) is 16.2. The number of benzene rings is 1. The molecule has 1 aliphatic heterocycles. The van der Waals surface area contributed by atoms with Gasteiger partial charge in [0.2, 0.25) is 5.88 Å². The van der Waals surface area contributed by atoms with Crippen LogP contribution in [0.15, 0.2) is 55.0 Å². The number of hydrogen-bond acceptors (Lipinski definition) is 7. The van der Waals surface area contributed by atoms with Crippen LogP contribution in [0.3, 0.4) is 0 Å². The maximum absolute atomic E-state index is 5.46. The van der Waals surface area contributed by atoms with E-state index < -0.39 is 0 Å². The number of aromatic nitrogens is 5. The van der Waals surface area contributed by atoms with E-state index in [0.717, 1.165) is 24.3 Å². The Balaban J connectivity index is 1.62. The van der Waals surface area contributed by atoms with Gasteiger partial charge in [0.25, 0.3) is 0 Å². The van der Waals surface area contributed by atoms with Gasteiger partial charge in [-0.3, -0.25) is 0 Å². The molecule has 146 valence electrons. The Morgan fingerprint density at radius 1 is 1.07 bits per heavy atom. The summed E-state index contributed by atoms with van der Waals surface area (Å²) in [5.74, 6) is 0.415. The van der Waals surface area contributed by atoms with E-state index in [2.05, 4.69) is 44.1 Å². The van der Waals surface area contributed by atoms with Crippen molar-refractivity contribution in [2.24, 2.45) is 0 Å². The molecule has 1 aliphatic rings. The Kier molecular flexibility index (Phi) is 4.23. The van der Waals surface area contributed by atoms with Gasteiger partial charge in [-0.05, 0) is 18.1 Å². The summed E-state index contributed by atoms with van der Waals surface area (Å²) in [6.07, 6.45) is 6.37. The summed E-state index contributed by atoms with van der Waals surface area (Å²) >= 11 is 0. The van der Waals surface area contributed by atoms with Gasteiger partial charge in [0.15, 0.2) is 5.65 Å². The monoisotopic (exact) mass is 388 g/mol. The predicted molar refractivity (Wildman–Crippen MR) is 108 cm³/mol. The summed E-state index contributed by atoms with van der Waals surface area (Å²) in [6.45, 7) is 0.960. The van der Waals surface area contributed by atoms with Crippen molar-refractivity contribution in [2.45, 2.75) is 12.5 Å². The fourth-order valence-corrected chi connectivity index (χ4v) is 3.72. The largest absolute Gasteiger partial charge is 0.480 e. The van der Waals surface area contributed by atoms with Crippen LogP contribution in [-0.4, -0.2) is 45.3 Å². The highest BCUT2D eigenvalue weighted by atomic mass is 16.5. The van der Waals surface area contributed by atoms with E-state index in [1.807, 2.05) is 18.3 Å². The third-order valence-corrected chi connectivity index (χ3v) is 5.24. The second kappa shape index (κ2) is 7.05. The molecule has 0 radical (unpaired) electrons. The van der Waals surface area contributed by atoms with Crippen LogP contribution in [0.25, 0.3) is 16.9 Å². The molecular weight excluding hydrogens is 368 g/mol. The van der Waals surface area contributed by atoms with E-state index in [1.165, 1.54) is 12.7 Å². The minimum absolute atomic E-state index is 0.251. The SMILES string of the molecule is COc1ncc(-c2cc(N3CCC3c3ccccc3)c3nccn3n2)c(OC)n1. The number of ether oxygens (including phenoxy) is 2. The molecule has 4 aromatic rings. The van der Waals surface area contributed by atoms with Crippen molar-refractivity contribution < 1.29 is 9.47 Å². The number of methoxy groups -OCH3 is 2. The summed E-state index contributed by atoms with van der Waals surface area (Å²) in [5.41, 5.74) is 4.55. The van der Waals surface area contributed by atoms with E-state index in [0.29, 0.717) is 23.2 Å². The van der Waals surface area contributed by atoms with E-state index in [9.17, 15) is 0 Å². The standard InChI is InChI=1S/C21H20N6O2/c1-28-20-15(13-23-21(24-20)29-2)16-12-18(19-22-9-11-27(19)25-16)26-10-8-17(26)14-6-4-3-5-7-14/h3-7,9,11-13,17H,8,10H2,1-2H3. The van der Waals surface area contributed by atoms with Gasteiger partial charge >= 0.3 is 6.01 Å². The summed E-state index contributed by atoms with van der Waals surface area (Å²) in [6, 6.07) is 13.1. The number of imidazole rings is 1. The van der Waals surface area contributed by atoms with Gasteiger partial charge in [-0.15, -0.1) is 0 Å². The summed E-state index contributed by atoms with van der Waals surface area (Å²) in [5, 5.41) is 4.70. The molecule has 1 fully saturated rings. The molecule has 4 heterocycles. The zero-order valence-corrected chi connectivity index (χ0v) is 16.2. The minimum Gasteiger partial charge on any atom is -0.480 e. The van der Waals surface area contributed by atoms with Crippen molar-refractivity contribution in [3.63, 3.8) is 0 Å². The maximum atomic E-state index is 5.46. The summed E-state index contributed by atoms with van der Waals surface area (Å²) in [4.78, 5) is 15.4. The molecule has 0 saturated carbocycles. The number of fused-ring (bicyclic) bond motifs is 1. The Labute approximate surface area is 167 Å². The van der Waals surface area contributed by atoms with E-state index in [1.54, 1.807) is 24.0 Å². The minimum atomic E-state index is 0.251. The van der Waals surface area contributed by atoms with Crippen LogP contribution in [0.2, 0.25) is 0 Å². The van der Waals surface area contributed by atoms with Crippen molar-refractivity contribution in [2.75, 3.05) is 25.7 Å². The van der Waals surface area contributed by atoms with Crippen molar-refractivity contribution in [3.05, 3.63) is 60.6 Å². The van der Waals surface area contributed by atoms with E-state index in [4.69, 9.17) is 14.6 Å². The second-order valence-corrected chi connectivity index (χ2v) is 6.80. The molecule has 0 amide bonds. The van der Waals surface area contributed by atoms with Gasteiger partial charge in [0, 0.05) is 25.1 Å². The normalized spacial score (nSPS) is 15.9. The van der Waals surface area contributed by atoms with Gasteiger partial charge in [0.05, 0.1) is 31.5 Å². The third kappa shape index (κ3) is 2.93. The van der Waals surface area contributed by atoms with Crippen LogP contribution < -0.4 is 14.4 Å². The molecule has 1 unspecified atom stereocenters. The molecule has 1 aromatic carbocycles. The van der Waals surface area contributed by atoms with Gasteiger partial charge in [-0.1, -0.05) is 30.3 Å². The third-order valence-electron chi connectivity index (χ3n) is 5.24. The first-order valence-electron chi connectivity index (χ1n) is 9.40. The quantitative estimate of drug-likeness (QED) is 0.520. The Hall–Kier alpha value is -3.68. The number of anilines is 1. The van der Waals surface area contributed by atoms with Crippen LogP contribution >= 0.6 is 0 Å². The van der Waals surface area contributed by atoms with Crippen molar-refractivity contribution >= 4 is 11.3 Å². The maximum Gasteiger partial charge on any atom is 0.319 e. The first-order valence-corrected chi connectivity index (χ1v) is 9.40. The molecule has 1 saturated heterocycles. The molecule has 3 aromatic heterocycles. The van der Waals surface area contributed by atoms with Crippen molar-refractivity contribution in [1.29, 1.82) is 0 Å². The first-order chi connectivity index (χ1) is 14.3. The highest BCUT2D eigenvalue weighted by Gasteiger charge is 2.32. The molecule has 8 nitrogen and oxygen atoms in total. The van der Waals surface area contributed by atoms with Crippen LogP contribution in [0.5, 0.6) is 11.9 Å². The molecule has 0 N–H and O–H groups in total. The van der Waals surface area contributed by atoms with Gasteiger partial charge in [-0.2, -0.15) is 10.1 Å². The predicted octanol–water partition coefficient (Wildman–Crippen LogP) is 3.15. The van der Waals surface area contributed by atoms with Crippen molar-refractivity contribution in [1.82, 2.24) is 24.6 Å². The number of rotatable bonds is 5. The highest BCUT2D eigenvalue weighted by molar-refractivity contribution is 5.77. The fraction of sp³-hybridized carbons (Fsp3) is 0.238. The molecule has 0 spiro atoms. The highest BCUT2D eigenvalue weighted by Crippen LogP contribution is 2.40.